The van der Waals surface area contributed by atoms with Gasteiger partial charge in [-0.1, -0.05) is 25.4 Å². The molecule has 0 unspecified atom stereocenters. The van der Waals surface area contributed by atoms with E-state index in [0.29, 0.717) is 30.0 Å². The lowest BCUT2D eigenvalue weighted by Crippen LogP contribution is -2.35. The molecule has 0 spiro atoms. The van der Waals surface area contributed by atoms with E-state index in [9.17, 15) is 4.79 Å². The summed E-state index contributed by atoms with van der Waals surface area (Å²) in [5.41, 5.74) is 0.356. The summed E-state index contributed by atoms with van der Waals surface area (Å²) < 4.78 is 7.30. The SMILES string of the molecule is CC(C)Cc1nc([C@@]23CCC[C@@H]2CN(C(=O)c2cn(C)cn2)C3)no1. The minimum Gasteiger partial charge on any atom is -0.340 e. The molecule has 1 aliphatic carbocycles. The van der Waals surface area contributed by atoms with Gasteiger partial charge in [-0.2, -0.15) is 4.98 Å². The molecule has 7 nitrogen and oxygen atoms in total. The second-order valence-electron chi connectivity index (χ2n) is 7.97. The van der Waals surface area contributed by atoms with Gasteiger partial charge >= 0.3 is 0 Å². The summed E-state index contributed by atoms with van der Waals surface area (Å²) in [5.74, 6) is 2.39. The normalized spacial score (nSPS) is 25.8. The predicted molar refractivity (Wildman–Crippen MR) is 91.0 cm³/mol. The van der Waals surface area contributed by atoms with Gasteiger partial charge in [0.2, 0.25) is 5.89 Å². The molecule has 2 aromatic heterocycles. The Hall–Kier alpha value is -2.18. The third kappa shape index (κ3) is 2.75. The number of amides is 1. The molecule has 1 aliphatic heterocycles. The Labute approximate surface area is 147 Å². The predicted octanol–water partition coefficient (Wildman–Crippen LogP) is 2.20. The lowest BCUT2D eigenvalue weighted by molar-refractivity contribution is 0.0771. The van der Waals surface area contributed by atoms with Crippen LogP contribution in [0.25, 0.3) is 0 Å². The van der Waals surface area contributed by atoms with Crippen molar-refractivity contribution in [2.45, 2.75) is 44.9 Å². The molecule has 134 valence electrons. The molecule has 3 heterocycles. The van der Waals surface area contributed by atoms with Crippen LogP contribution in [0.2, 0.25) is 0 Å². The molecule has 1 amide bonds. The molecule has 2 fully saturated rings. The smallest absolute Gasteiger partial charge is 0.274 e. The number of aromatic nitrogens is 4. The van der Waals surface area contributed by atoms with Crippen LogP contribution in [-0.4, -0.2) is 43.6 Å². The van der Waals surface area contributed by atoms with E-state index in [1.807, 2.05) is 11.9 Å². The largest absolute Gasteiger partial charge is 0.340 e. The molecule has 0 radical (unpaired) electrons. The van der Waals surface area contributed by atoms with E-state index < -0.39 is 0 Å². The monoisotopic (exact) mass is 343 g/mol. The van der Waals surface area contributed by atoms with Gasteiger partial charge in [-0.25, -0.2) is 4.98 Å². The van der Waals surface area contributed by atoms with Gasteiger partial charge in [0.05, 0.1) is 11.7 Å². The van der Waals surface area contributed by atoms with E-state index in [2.05, 4.69) is 24.0 Å². The number of likely N-dealkylation sites (tertiary alicyclic amines) is 1. The van der Waals surface area contributed by atoms with Crippen molar-refractivity contribution in [1.29, 1.82) is 0 Å². The van der Waals surface area contributed by atoms with Crippen LogP contribution < -0.4 is 0 Å². The Kier molecular flexibility index (Phi) is 3.89. The van der Waals surface area contributed by atoms with Crippen molar-refractivity contribution >= 4 is 5.91 Å². The number of carbonyl (C=O) groups excluding carboxylic acids is 1. The first-order valence-corrected chi connectivity index (χ1v) is 9.08. The summed E-state index contributed by atoms with van der Waals surface area (Å²) in [6.45, 7) is 5.70. The molecule has 0 N–H and O–H groups in total. The summed E-state index contributed by atoms with van der Waals surface area (Å²) >= 11 is 0. The Morgan fingerprint density at radius 3 is 3.04 bits per heavy atom. The first-order valence-electron chi connectivity index (χ1n) is 9.08. The number of fused-ring (bicyclic) bond motifs is 1. The first kappa shape index (κ1) is 16.3. The van der Waals surface area contributed by atoms with E-state index in [0.717, 1.165) is 38.1 Å². The molecule has 2 aliphatic rings. The number of hydrogen-bond donors (Lipinski definition) is 0. The molecule has 1 saturated carbocycles. The summed E-state index contributed by atoms with van der Waals surface area (Å²) in [5, 5.41) is 4.31. The van der Waals surface area contributed by atoms with Crippen LogP contribution in [0.15, 0.2) is 17.0 Å². The van der Waals surface area contributed by atoms with E-state index in [1.54, 1.807) is 17.1 Å². The lowest BCUT2D eigenvalue weighted by atomic mass is 9.80. The third-order valence-electron chi connectivity index (χ3n) is 5.58. The standard InChI is InChI=1S/C18H25N5O2/c1-12(2)7-15-20-17(21-25-15)18-6-4-5-13(18)8-23(10-18)16(24)14-9-22(3)11-19-14/h9,11-13H,4-8,10H2,1-3H3/t13-,18-/m1/s1. The number of nitrogens with zero attached hydrogens (tertiary/aromatic N) is 5. The molecule has 25 heavy (non-hydrogen) atoms. The molecule has 2 atom stereocenters. The second-order valence-corrected chi connectivity index (χ2v) is 7.97. The Bertz CT molecular complexity index is 780. The number of aryl methyl sites for hydroxylation is 1. The van der Waals surface area contributed by atoms with Gasteiger partial charge in [0.1, 0.15) is 5.69 Å². The highest BCUT2D eigenvalue weighted by atomic mass is 16.5. The second kappa shape index (κ2) is 5.97. The van der Waals surface area contributed by atoms with Gasteiger partial charge in [0.15, 0.2) is 5.82 Å². The summed E-state index contributed by atoms with van der Waals surface area (Å²) in [6.07, 6.45) is 7.52. The third-order valence-corrected chi connectivity index (χ3v) is 5.58. The van der Waals surface area contributed by atoms with E-state index in [4.69, 9.17) is 9.51 Å². The fourth-order valence-corrected chi connectivity index (χ4v) is 4.38. The highest BCUT2D eigenvalue weighted by molar-refractivity contribution is 5.92. The van der Waals surface area contributed by atoms with Crippen LogP contribution in [0.4, 0.5) is 0 Å². The highest BCUT2D eigenvalue weighted by Crippen LogP contribution is 2.49. The summed E-state index contributed by atoms with van der Waals surface area (Å²) in [6, 6.07) is 0. The fourth-order valence-electron chi connectivity index (χ4n) is 4.38. The number of carbonyl (C=O) groups is 1. The van der Waals surface area contributed by atoms with Crippen LogP contribution in [0, 0.1) is 11.8 Å². The molecule has 2 aromatic rings. The van der Waals surface area contributed by atoms with Crippen molar-refractivity contribution in [2.75, 3.05) is 13.1 Å². The van der Waals surface area contributed by atoms with Crippen molar-refractivity contribution in [3.63, 3.8) is 0 Å². The maximum Gasteiger partial charge on any atom is 0.274 e. The first-order chi connectivity index (χ1) is 12.0. The lowest BCUT2D eigenvalue weighted by Gasteiger charge is -2.24. The van der Waals surface area contributed by atoms with Crippen molar-refractivity contribution in [2.24, 2.45) is 18.9 Å². The zero-order valence-corrected chi connectivity index (χ0v) is 15.1. The average molecular weight is 343 g/mol. The van der Waals surface area contributed by atoms with Crippen molar-refractivity contribution in [1.82, 2.24) is 24.6 Å². The van der Waals surface area contributed by atoms with Gasteiger partial charge < -0.3 is 14.0 Å². The summed E-state index contributed by atoms with van der Waals surface area (Å²) in [4.78, 5) is 23.6. The van der Waals surface area contributed by atoms with Crippen LogP contribution in [0.3, 0.4) is 0 Å². The maximum absolute atomic E-state index is 12.8. The summed E-state index contributed by atoms with van der Waals surface area (Å²) in [7, 11) is 1.87. The maximum atomic E-state index is 12.8. The van der Waals surface area contributed by atoms with Gasteiger partial charge in [-0.05, 0) is 24.7 Å². The topological polar surface area (TPSA) is 77.1 Å². The minimum absolute atomic E-state index is 0.000254. The van der Waals surface area contributed by atoms with Crippen molar-refractivity contribution in [3.8, 4) is 0 Å². The van der Waals surface area contributed by atoms with Crippen LogP contribution >= 0.6 is 0 Å². The Morgan fingerprint density at radius 1 is 1.48 bits per heavy atom. The fraction of sp³-hybridized carbons (Fsp3) is 0.667. The van der Waals surface area contributed by atoms with Crippen LogP contribution in [0.1, 0.15) is 55.3 Å². The molecule has 0 aromatic carbocycles. The average Bonchev–Trinajstić information content (AvgIpc) is 3.27. The minimum atomic E-state index is -0.150. The quantitative estimate of drug-likeness (QED) is 0.850. The highest BCUT2D eigenvalue weighted by Gasteiger charge is 2.54. The number of hydrogen-bond acceptors (Lipinski definition) is 5. The number of imidazole rings is 1. The molecule has 1 saturated heterocycles. The van der Waals surface area contributed by atoms with Gasteiger partial charge in [0, 0.05) is 32.8 Å². The molecule has 0 bridgehead atoms. The molecular weight excluding hydrogens is 318 g/mol. The van der Waals surface area contributed by atoms with Crippen molar-refractivity contribution < 1.29 is 9.32 Å². The zero-order valence-electron chi connectivity index (χ0n) is 15.1. The van der Waals surface area contributed by atoms with Gasteiger partial charge in [-0.3, -0.25) is 4.79 Å². The molecule has 4 rings (SSSR count). The van der Waals surface area contributed by atoms with E-state index >= 15 is 0 Å². The zero-order chi connectivity index (χ0) is 17.6. The van der Waals surface area contributed by atoms with E-state index in [-0.39, 0.29) is 11.3 Å². The Morgan fingerprint density at radius 2 is 2.32 bits per heavy atom. The van der Waals surface area contributed by atoms with Crippen LogP contribution in [0.5, 0.6) is 0 Å². The van der Waals surface area contributed by atoms with E-state index in [1.165, 1.54) is 0 Å². The van der Waals surface area contributed by atoms with Crippen molar-refractivity contribution in [3.05, 3.63) is 29.9 Å². The van der Waals surface area contributed by atoms with Gasteiger partial charge in [0.25, 0.3) is 5.91 Å². The molecular formula is C18H25N5O2. The van der Waals surface area contributed by atoms with Crippen LogP contribution in [-0.2, 0) is 18.9 Å². The molecule has 7 heteroatoms. The Balaban J connectivity index is 1.58. The number of rotatable bonds is 4. The van der Waals surface area contributed by atoms with Gasteiger partial charge in [-0.15, -0.1) is 0 Å².